The number of hydrogen-bond acceptors (Lipinski definition) is 2. The third-order valence-corrected chi connectivity index (χ3v) is 1.58. The zero-order valence-corrected chi connectivity index (χ0v) is 6.02. The Kier molecular flexibility index (Phi) is 2.72. The van der Waals surface area contributed by atoms with E-state index < -0.39 is 6.30 Å². The van der Waals surface area contributed by atoms with Crippen LogP contribution >= 0.6 is 0 Å². The molecule has 0 atom stereocenters. The first-order valence-corrected chi connectivity index (χ1v) is 3.50. The van der Waals surface area contributed by atoms with Crippen molar-refractivity contribution in [1.82, 2.24) is 4.90 Å². The van der Waals surface area contributed by atoms with E-state index in [0.29, 0.717) is 17.9 Å². The molecule has 1 aliphatic rings. The van der Waals surface area contributed by atoms with Crippen molar-refractivity contribution in [2.24, 2.45) is 0 Å². The van der Waals surface area contributed by atoms with Gasteiger partial charge >= 0.3 is 6.30 Å². The highest BCUT2D eigenvalue weighted by atomic mass is 19.4. The van der Waals surface area contributed by atoms with Crippen molar-refractivity contribution >= 4 is 0 Å². The van der Waals surface area contributed by atoms with Gasteiger partial charge in [0.2, 0.25) is 0 Å². The lowest BCUT2D eigenvalue weighted by Crippen LogP contribution is -2.39. The van der Waals surface area contributed by atoms with E-state index in [-0.39, 0.29) is 19.7 Å². The molecule has 1 fully saturated rings. The van der Waals surface area contributed by atoms with Crippen molar-refractivity contribution in [1.29, 1.82) is 0 Å². The van der Waals surface area contributed by atoms with Crippen LogP contribution in [-0.2, 0) is 4.74 Å². The summed E-state index contributed by atoms with van der Waals surface area (Å²) in [5.74, 6) is 0. The van der Waals surface area contributed by atoms with Gasteiger partial charge in [-0.05, 0) is 6.42 Å². The first kappa shape index (κ1) is 8.80. The molecule has 2 nitrogen and oxygen atoms in total. The third-order valence-electron chi connectivity index (χ3n) is 1.58. The van der Waals surface area contributed by atoms with E-state index in [0.717, 1.165) is 0 Å². The number of nitrogens with zero attached hydrogens (tertiary/aromatic N) is 1. The van der Waals surface area contributed by atoms with Crippen LogP contribution in [0.2, 0.25) is 0 Å². The molecule has 0 spiro atoms. The second-order valence-electron chi connectivity index (χ2n) is 2.42. The van der Waals surface area contributed by atoms with Crippen molar-refractivity contribution in [3.8, 4) is 0 Å². The van der Waals surface area contributed by atoms with Crippen LogP contribution in [0.25, 0.3) is 0 Å². The van der Waals surface area contributed by atoms with Crippen LogP contribution in [0.4, 0.5) is 13.2 Å². The van der Waals surface area contributed by atoms with Crippen LogP contribution in [0.5, 0.6) is 0 Å². The summed E-state index contributed by atoms with van der Waals surface area (Å²) in [5, 5.41) is 0. The predicted octanol–water partition coefficient (Wildman–Crippen LogP) is 1.23. The lowest BCUT2D eigenvalue weighted by Gasteiger charge is -2.21. The van der Waals surface area contributed by atoms with Crippen LogP contribution in [0.3, 0.4) is 0 Å². The van der Waals surface area contributed by atoms with Gasteiger partial charge in [0, 0.05) is 19.7 Å². The van der Waals surface area contributed by atoms with Crippen molar-refractivity contribution in [3.05, 3.63) is 0 Å². The highest BCUT2D eigenvalue weighted by Crippen LogP contribution is 2.21. The van der Waals surface area contributed by atoms with Gasteiger partial charge in [-0.2, -0.15) is 13.2 Å². The molecule has 0 N–H and O–H groups in total. The lowest BCUT2D eigenvalue weighted by molar-refractivity contribution is -0.244. The molecule has 1 rings (SSSR count). The second-order valence-corrected chi connectivity index (χ2v) is 2.42. The monoisotopic (exact) mass is 169 g/mol. The summed E-state index contributed by atoms with van der Waals surface area (Å²) in [6, 6.07) is 0. The van der Waals surface area contributed by atoms with Crippen LogP contribution in [0.1, 0.15) is 6.42 Å². The van der Waals surface area contributed by atoms with Crippen molar-refractivity contribution in [2.45, 2.75) is 12.7 Å². The van der Waals surface area contributed by atoms with E-state index in [1.54, 1.807) is 0 Å². The summed E-state index contributed by atoms with van der Waals surface area (Å²) < 4.78 is 40.9. The van der Waals surface area contributed by atoms with Crippen molar-refractivity contribution < 1.29 is 17.9 Å². The summed E-state index contributed by atoms with van der Waals surface area (Å²) in [7, 11) is 0. The van der Waals surface area contributed by atoms with E-state index in [2.05, 4.69) is 0 Å². The number of hydrogen-bond donors (Lipinski definition) is 0. The maximum absolute atomic E-state index is 12.0. The maximum atomic E-state index is 12.0. The summed E-state index contributed by atoms with van der Waals surface area (Å²) in [4.78, 5) is 0.486. The Hall–Kier alpha value is -0.290. The molecule has 0 aromatic heterocycles. The van der Waals surface area contributed by atoms with Gasteiger partial charge in [0.25, 0.3) is 0 Å². The first-order chi connectivity index (χ1) is 5.11. The average molecular weight is 169 g/mol. The number of alkyl halides is 3. The molecule has 0 aromatic carbocycles. The smallest absolute Gasteiger partial charge is 0.380 e. The van der Waals surface area contributed by atoms with E-state index in [1.165, 1.54) is 0 Å². The van der Waals surface area contributed by atoms with Gasteiger partial charge in [0.1, 0.15) is 0 Å². The topological polar surface area (TPSA) is 12.5 Å². The minimum Gasteiger partial charge on any atom is -0.380 e. The minimum absolute atomic E-state index is 0.0382. The molecule has 0 aromatic rings. The van der Waals surface area contributed by atoms with Gasteiger partial charge in [-0.15, -0.1) is 0 Å². The van der Waals surface area contributed by atoms with Gasteiger partial charge < -0.3 is 4.74 Å². The zero-order chi connectivity index (χ0) is 8.32. The predicted molar refractivity (Wildman–Crippen MR) is 33.1 cm³/mol. The largest absolute Gasteiger partial charge is 0.459 e. The van der Waals surface area contributed by atoms with Crippen LogP contribution in [0.15, 0.2) is 0 Å². The normalized spacial score (nSPS) is 23.2. The molecular weight excluding hydrogens is 159 g/mol. The maximum Gasteiger partial charge on any atom is 0.459 e. The van der Waals surface area contributed by atoms with Gasteiger partial charge in [0.05, 0.1) is 6.61 Å². The van der Waals surface area contributed by atoms with Crippen molar-refractivity contribution in [3.63, 3.8) is 0 Å². The number of halogens is 3. The molecule has 11 heavy (non-hydrogen) atoms. The standard InChI is InChI=1S/C6H10F3NO/c7-6(8,9)10-2-1-4-11-5-3-10/h1-5H2. The van der Waals surface area contributed by atoms with E-state index >= 15 is 0 Å². The fourth-order valence-electron chi connectivity index (χ4n) is 1.000. The van der Waals surface area contributed by atoms with Crippen LogP contribution in [0, 0.1) is 0 Å². The second kappa shape index (κ2) is 3.40. The summed E-state index contributed by atoms with van der Waals surface area (Å²) >= 11 is 0. The molecule has 1 aliphatic heterocycles. The highest BCUT2D eigenvalue weighted by molar-refractivity contribution is 4.62. The molecule has 0 amide bonds. The molecule has 0 unspecified atom stereocenters. The lowest BCUT2D eigenvalue weighted by atomic mass is 10.4. The van der Waals surface area contributed by atoms with Crippen molar-refractivity contribution in [2.75, 3.05) is 26.3 Å². The molecule has 0 saturated carbocycles. The van der Waals surface area contributed by atoms with Crippen LogP contribution < -0.4 is 0 Å². The number of rotatable bonds is 0. The Morgan fingerprint density at radius 2 is 1.82 bits per heavy atom. The molecule has 5 heteroatoms. The van der Waals surface area contributed by atoms with Gasteiger partial charge in [-0.1, -0.05) is 0 Å². The van der Waals surface area contributed by atoms with Gasteiger partial charge in [0.15, 0.2) is 0 Å². The Labute approximate surface area is 62.9 Å². The molecule has 1 saturated heterocycles. The molecule has 66 valence electrons. The summed E-state index contributed by atoms with van der Waals surface area (Å²) in [6.45, 7) is 0.638. The summed E-state index contributed by atoms with van der Waals surface area (Å²) in [5.41, 5.74) is 0. The average Bonchev–Trinajstić information content (AvgIpc) is 2.10. The molecule has 0 radical (unpaired) electrons. The Bertz CT molecular complexity index is 117. The molecule has 1 heterocycles. The minimum atomic E-state index is -4.19. The van der Waals surface area contributed by atoms with E-state index in [1.807, 2.05) is 0 Å². The molecule has 0 aliphatic carbocycles. The Morgan fingerprint density at radius 3 is 2.45 bits per heavy atom. The highest BCUT2D eigenvalue weighted by Gasteiger charge is 2.36. The molecule has 0 bridgehead atoms. The zero-order valence-electron chi connectivity index (χ0n) is 6.02. The first-order valence-electron chi connectivity index (χ1n) is 3.50. The SMILES string of the molecule is FC(F)(F)N1CCCOCC1. The fraction of sp³-hybridized carbons (Fsp3) is 1.00. The summed E-state index contributed by atoms with van der Waals surface area (Å²) in [6.07, 6.45) is -3.73. The quantitative estimate of drug-likeness (QED) is 0.506. The fourth-order valence-corrected chi connectivity index (χ4v) is 1.000. The van der Waals surface area contributed by atoms with Gasteiger partial charge in [-0.3, -0.25) is 0 Å². The number of ether oxygens (including phenoxy) is 1. The Balaban J connectivity index is 2.43. The third kappa shape index (κ3) is 2.67. The van der Waals surface area contributed by atoms with Crippen LogP contribution in [-0.4, -0.2) is 37.5 Å². The van der Waals surface area contributed by atoms with E-state index in [9.17, 15) is 13.2 Å². The Morgan fingerprint density at radius 1 is 1.09 bits per heavy atom. The van der Waals surface area contributed by atoms with E-state index in [4.69, 9.17) is 4.74 Å². The van der Waals surface area contributed by atoms with Gasteiger partial charge in [-0.25, -0.2) is 4.90 Å². The molecular formula is C6H10F3NO.